The first-order valence-electron chi connectivity index (χ1n) is 4.73. The molecule has 1 heteroatoms. The highest BCUT2D eigenvalue weighted by Gasteiger charge is 2.02. The summed E-state index contributed by atoms with van der Waals surface area (Å²) in [6, 6.07) is 0. The fourth-order valence-corrected chi connectivity index (χ4v) is 1.09. The van der Waals surface area contributed by atoms with Crippen LogP contribution in [-0.4, -0.2) is 12.3 Å². The minimum absolute atomic E-state index is 0.687. The average Bonchev–Trinajstić information content (AvgIpc) is 2.00. The van der Waals surface area contributed by atoms with Gasteiger partial charge in [0.2, 0.25) is 0 Å². The van der Waals surface area contributed by atoms with Crippen LogP contribution in [0.15, 0.2) is 4.99 Å². The van der Waals surface area contributed by atoms with Crippen LogP contribution in [0.2, 0.25) is 0 Å². The van der Waals surface area contributed by atoms with Crippen molar-refractivity contribution < 1.29 is 0 Å². The first-order chi connectivity index (χ1) is 5.22. The lowest BCUT2D eigenvalue weighted by Crippen LogP contribution is -2.06. The summed E-state index contributed by atoms with van der Waals surface area (Å²) in [7, 11) is 0. The van der Waals surface area contributed by atoms with Crippen molar-refractivity contribution in [2.24, 2.45) is 10.9 Å². The van der Waals surface area contributed by atoms with Crippen molar-refractivity contribution in [3.8, 4) is 0 Å². The third-order valence-corrected chi connectivity index (χ3v) is 2.02. The van der Waals surface area contributed by atoms with Crippen LogP contribution in [0.3, 0.4) is 0 Å². The maximum atomic E-state index is 4.48. The molecule has 1 atom stereocenters. The van der Waals surface area contributed by atoms with Gasteiger partial charge in [0.25, 0.3) is 0 Å². The van der Waals surface area contributed by atoms with Gasteiger partial charge < -0.3 is 0 Å². The summed E-state index contributed by atoms with van der Waals surface area (Å²) in [4.78, 5) is 4.48. The molecule has 0 aliphatic carbocycles. The second-order valence-corrected chi connectivity index (χ2v) is 3.21. The molecular weight excluding hydrogens is 134 g/mol. The lowest BCUT2D eigenvalue weighted by Gasteiger charge is -2.08. The summed E-state index contributed by atoms with van der Waals surface area (Å²) in [5.74, 6) is 0.687. The maximum Gasteiger partial charge on any atom is 0.0386 e. The molecule has 1 unspecified atom stereocenters. The average molecular weight is 155 g/mol. The summed E-state index contributed by atoms with van der Waals surface area (Å²) >= 11 is 0. The van der Waals surface area contributed by atoms with Gasteiger partial charge in [-0.2, -0.15) is 0 Å². The van der Waals surface area contributed by atoms with Crippen LogP contribution < -0.4 is 0 Å². The molecule has 0 spiro atoms. The van der Waals surface area contributed by atoms with Gasteiger partial charge in [-0.3, -0.25) is 4.99 Å². The van der Waals surface area contributed by atoms with Gasteiger partial charge in [0, 0.05) is 12.3 Å². The quantitative estimate of drug-likeness (QED) is 0.540. The van der Waals surface area contributed by atoms with Gasteiger partial charge in [-0.1, -0.05) is 27.2 Å². The Morgan fingerprint density at radius 2 is 1.91 bits per heavy atom. The molecule has 0 aromatic rings. The smallest absolute Gasteiger partial charge is 0.0386 e. The van der Waals surface area contributed by atoms with Crippen LogP contribution in [-0.2, 0) is 0 Å². The predicted octanol–water partition coefficient (Wildman–Crippen LogP) is 3.29. The number of nitrogens with zero attached hydrogens (tertiary/aromatic N) is 1. The molecule has 0 amide bonds. The third kappa shape index (κ3) is 5.00. The zero-order chi connectivity index (χ0) is 8.69. The van der Waals surface area contributed by atoms with E-state index in [4.69, 9.17) is 0 Å². The Labute approximate surface area is 70.9 Å². The number of hydrogen-bond acceptors (Lipinski definition) is 1. The first-order valence-corrected chi connectivity index (χ1v) is 4.73. The van der Waals surface area contributed by atoms with E-state index in [1.165, 1.54) is 18.6 Å². The van der Waals surface area contributed by atoms with Crippen LogP contribution in [0.25, 0.3) is 0 Å². The lowest BCUT2D eigenvalue weighted by atomic mass is 10.0. The summed E-state index contributed by atoms with van der Waals surface area (Å²) < 4.78 is 0. The zero-order valence-corrected chi connectivity index (χ0v) is 8.35. The van der Waals surface area contributed by atoms with Crippen LogP contribution in [0, 0.1) is 5.92 Å². The Hall–Kier alpha value is -0.330. The zero-order valence-electron chi connectivity index (χ0n) is 8.35. The normalized spacial score (nSPS) is 15.1. The van der Waals surface area contributed by atoms with Gasteiger partial charge in [0.05, 0.1) is 0 Å². The Morgan fingerprint density at radius 1 is 1.27 bits per heavy atom. The fourth-order valence-electron chi connectivity index (χ4n) is 1.09. The highest BCUT2D eigenvalue weighted by molar-refractivity contribution is 5.83. The third-order valence-electron chi connectivity index (χ3n) is 2.02. The fraction of sp³-hybridized carbons (Fsp3) is 0.900. The van der Waals surface area contributed by atoms with Crippen molar-refractivity contribution in [3.05, 3.63) is 0 Å². The molecule has 0 aliphatic rings. The van der Waals surface area contributed by atoms with Crippen molar-refractivity contribution in [1.82, 2.24) is 0 Å². The van der Waals surface area contributed by atoms with Crippen molar-refractivity contribution in [3.63, 3.8) is 0 Å². The molecule has 0 aromatic carbocycles. The van der Waals surface area contributed by atoms with Crippen molar-refractivity contribution >= 4 is 5.71 Å². The molecule has 66 valence electrons. The Balaban J connectivity index is 3.69. The summed E-state index contributed by atoms with van der Waals surface area (Å²) in [5.41, 5.74) is 1.33. The number of hydrogen-bond donors (Lipinski definition) is 0. The van der Waals surface area contributed by atoms with E-state index < -0.39 is 0 Å². The Morgan fingerprint density at radius 3 is 2.36 bits per heavy atom. The summed E-state index contributed by atoms with van der Waals surface area (Å²) in [6.07, 6.45) is 3.70. The van der Waals surface area contributed by atoms with Crippen molar-refractivity contribution in [2.45, 2.75) is 47.0 Å². The van der Waals surface area contributed by atoms with E-state index in [0.29, 0.717) is 5.92 Å². The second kappa shape index (κ2) is 6.38. The van der Waals surface area contributed by atoms with E-state index in [2.05, 4.69) is 32.7 Å². The van der Waals surface area contributed by atoms with E-state index in [0.717, 1.165) is 13.0 Å². The standard InChI is InChI=1S/C10H21N/c1-5-7-9(3)10(4)11-8-6-2/h9H,5-8H2,1-4H3/b11-10-. The van der Waals surface area contributed by atoms with E-state index in [1.807, 2.05) is 0 Å². The predicted molar refractivity (Wildman–Crippen MR) is 52.3 cm³/mol. The molecule has 0 bridgehead atoms. The molecule has 1 nitrogen and oxygen atoms in total. The maximum absolute atomic E-state index is 4.48. The monoisotopic (exact) mass is 155 g/mol. The molecule has 0 fully saturated rings. The van der Waals surface area contributed by atoms with Crippen molar-refractivity contribution in [2.75, 3.05) is 6.54 Å². The van der Waals surface area contributed by atoms with Crippen LogP contribution in [0.4, 0.5) is 0 Å². The molecule has 0 N–H and O–H groups in total. The van der Waals surface area contributed by atoms with Gasteiger partial charge >= 0.3 is 0 Å². The molecule has 0 saturated heterocycles. The minimum atomic E-state index is 0.687. The second-order valence-electron chi connectivity index (χ2n) is 3.21. The minimum Gasteiger partial charge on any atom is -0.294 e. The first kappa shape index (κ1) is 10.7. The Bertz CT molecular complexity index is 116. The molecule has 0 aliphatic heterocycles. The van der Waals surface area contributed by atoms with Gasteiger partial charge in [0.1, 0.15) is 0 Å². The van der Waals surface area contributed by atoms with Crippen LogP contribution in [0.5, 0.6) is 0 Å². The van der Waals surface area contributed by atoms with Gasteiger partial charge in [-0.15, -0.1) is 0 Å². The molecule has 0 saturated carbocycles. The Kier molecular flexibility index (Phi) is 6.19. The molecule has 0 rings (SSSR count). The highest BCUT2D eigenvalue weighted by Crippen LogP contribution is 2.07. The van der Waals surface area contributed by atoms with Gasteiger partial charge in [0.15, 0.2) is 0 Å². The molecule has 0 radical (unpaired) electrons. The van der Waals surface area contributed by atoms with E-state index in [1.54, 1.807) is 0 Å². The van der Waals surface area contributed by atoms with E-state index in [-0.39, 0.29) is 0 Å². The SMILES string of the molecule is CCC/N=C(/C)C(C)CCC. The van der Waals surface area contributed by atoms with Crippen LogP contribution in [0.1, 0.15) is 47.0 Å². The van der Waals surface area contributed by atoms with Crippen LogP contribution >= 0.6 is 0 Å². The van der Waals surface area contributed by atoms with Crippen molar-refractivity contribution in [1.29, 1.82) is 0 Å². The number of aliphatic imine (C=N–C) groups is 1. The topological polar surface area (TPSA) is 12.4 Å². The van der Waals surface area contributed by atoms with E-state index in [9.17, 15) is 0 Å². The summed E-state index contributed by atoms with van der Waals surface area (Å²) in [5, 5.41) is 0. The molecular formula is C10H21N. The van der Waals surface area contributed by atoms with E-state index >= 15 is 0 Å². The van der Waals surface area contributed by atoms with Gasteiger partial charge in [-0.05, 0) is 25.7 Å². The van der Waals surface area contributed by atoms with Gasteiger partial charge in [-0.25, -0.2) is 0 Å². The largest absolute Gasteiger partial charge is 0.294 e. The number of rotatable bonds is 5. The molecule has 11 heavy (non-hydrogen) atoms. The lowest BCUT2D eigenvalue weighted by molar-refractivity contribution is 0.660. The highest BCUT2D eigenvalue weighted by atomic mass is 14.7. The molecule has 0 heterocycles. The molecule has 0 aromatic heterocycles. The summed E-state index contributed by atoms with van der Waals surface area (Å²) in [6.45, 7) is 9.80.